The Balaban J connectivity index is 0.00000131. The van der Waals surface area contributed by atoms with Gasteiger partial charge in [0.15, 0.2) is 5.78 Å². The number of aromatic nitrogens is 1. The molecule has 6 heteroatoms. The van der Waals surface area contributed by atoms with Gasteiger partial charge in [0.2, 0.25) is 0 Å². The number of para-hydroxylation sites is 1. The highest BCUT2D eigenvalue weighted by Gasteiger charge is 2.25. The van der Waals surface area contributed by atoms with E-state index in [1.165, 1.54) is 16.6 Å². The monoisotopic (exact) mass is 405 g/mol. The molecule has 0 amide bonds. The van der Waals surface area contributed by atoms with E-state index in [0.717, 1.165) is 49.3 Å². The van der Waals surface area contributed by atoms with Gasteiger partial charge in [0, 0.05) is 30.4 Å². The molecular formula is C21H25Cl2N3O. The van der Waals surface area contributed by atoms with E-state index in [-0.39, 0.29) is 30.6 Å². The Morgan fingerprint density at radius 3 is 2.63 bits per heavy atom. The molecule has 1 aliphatic carbocycles. The van der Waals surface area contributed by atoms with Crippen molar-refractivity contribution < 1.29 is 4.79 Å². The molecule has 0 aliphatic heterocycles. The number of nitrogens with zero attached hydrogens (tertiary/aromatic N) is 1. The quantitative estimate of drug-likeness (QED) is 0.493. The number of hydrogen-bond donors (Lipinski definition) is 2. The second-order valence-electron chi connectivity index (χ2n) is 6.66. The number of fused-ring (bicyclic) bond motifs is 3. The van der Waals surface area contributed by atoms with E-state index in [1.54, 1.807) is 0 Å². The van der Waals surface area contributed by atoms with Gasteiger partial charge in [-0.25, -0.2) is 0 Å². The fourth-order valence-corrected chi connectivity index (χ4v) is 3.85. The maximum absolute atomic E-state index is 12.4. The highest BCUT2D eigenvalue weighted by atomic mass is 35.5. The summed E-state index contributed by atoms with van der Waals surface area (Å²) in [5.41, 5.74) is 12.6. The Hall–Kier alpha value is -2.01. The van der Waals surface area contributed by atoms with Crippen LogP contribution < -0.4 is 11.1 Å². The Morgan fingerprint density at radius 2 is 1.81 bits per heavy atom. The number of carbonyl (C=O) groups excluding carboxylic acids is 1. The van der Waals surface area contributed by atoms with Crippen LogP contribution in [0.4, 0.5) is 5.69 Å². The number of hydrogen-bond acceptors (Lipinski definition) is 3. The minimum absolute atomic E-state index is 0. The molecule has 2 heterocycles. The number of pyridine rings is 1. The predicted molar refractivity (Wildman–Crippen MR) is 115 cm³/mol. The number of anilines is 1. The van der Waals surface area contributed by atoms with Gasteiger partial charge in [0.25, 0.3) is 0 Å². The van der Waals surface area contributed by atoms with E-state index in [4.69, 9.17) is 5.73 Å². The van der Waals surface area contributed by atoms with Gasteiger partial charge in [-0.1, -0.05) is 24.3 Å². The smallest absolute Gasteiger partial charge is 0.179 e. The lowest BCUT2D eigenvalue weighted by molar-refractivity contribution is 0.0966. The van der Waals surface area contributed by atoms with Gasteiger partial charge in [-0.3, -0.25) is 4.79 Å². The second kappa shape index (κ2) is 9.27. The van der Waals surface area contributed by atoms with Crippen LogP contribution in [0.2, 0.25) is 0 Å². The van der Waals surface area contributed by atoms with Gasteiger partial charge in [-0.15, -0.1) is 24.8 Å². The summed E-state index contributed by atoms with van der Waals surface area (Å²) in [5.74, 6) is 0.277. The lowest BCUT2D eigenvalue weighted by atomic mass is 9.92. The van der Waals surface area contributed by atoms with Crippen LogP contribution in [0.5, 0.6) is 0 Å². The molecule has 2 aromatic heterocycles. The molecular weight excluding hydrogens is 381 g/mol. The molecule has 0 radical (unpaired) electrons. The van der Waals surface area contributed by atoms with E-state index < -0.39 is 0 Å². The Labute approximate surface area is 172 Å². The average molecular weight is 406 g/mol. The molecule has 0 atom stereocenters. The topological polar surface area (TPSA) is 59.5 Å². The van der Waals surface area contributed by atoms with Crippen molar-refractivity contribution in [2.45, 2.75) is 32.2 Å². The first-order valence-corrected chi connectivity index (χ1v) is 8.94. The molecule has 3 aromatic rings. The van der Waals surface area contributed by atoms with Crippen molar-refractivity contribution >= 4 is 41.8 Å². The van der Waals surface area contributed by atoms with Crippen molar-refractivity contribution in [3.05, 3.63) is 71.0 Å². The SMILES string of the molecule is Cl.Cl.Nc1ccccc1CNCCc1c2c(n3ccccc13)C(=O)CCC2. The number of ketones is 1. The molecule has 0 unspecified atom stereocenters. The van der Waals surface area contributed by atoms with Gasteiger partial charge < -0.3 is 15.5 Å². The van der Waals surface area contributed by atoms with Crippen molar-refractivity contribution in [3.63, 3.8) is 0 Å². The number of nitrogen functional groups attached to an aromatic ring is 1. The molecule has 0 fully saturated rings. The molecule has 4 nitrogen and oxygen atoms in total. The first kappa shape index (κ1) is 21.3. The lowest BCUT2D eigenvalue weighted by Crippen LogP contribution is -2.18. The van der Waals surface area contributed by atoms with Crippen LogP contribution in [0, 0.1) is 0 Å². The van der Waals surface area contributed by atoms with E-state index >= 15 is 0 Å². The molecule has 144 valence electrons. The number of Topliss-reactive ketones (excluding diaryl/α,β-unsaturated/α-hetero) is 1. The van der Waals surface area contributed by atoms with Crippen molar-refractivity contribution in [1.82, 2.24) is 9.72 Å². The number of benzene rings is 1. The van der Waals surface area contributed by atoms with Crippen LogP contribution in [0.1, 0.15) is 40.0 Å². The largest absolute Gasteiger partial charge is 0.398 e. The summed E-state index contributed by atoms with van der Waals surface area (Å²) < 4.78 is 2.08. The number of nitrogens with two attached hydrogens (primary N) is 1. The fraction of sp³-hybridized carbons (Fsp3) is 0.286. The summed E-state index contributed by atoms with van der Waals surface area (Å²) in [7, 11) is 0. The fourth-order valence-electron chi connectivity index (χ4n) is 3.85. The van der Waals surface area contributed by atoms with Crippen LogP contribution in [0.15, 0.2) is 48.7 Å². The number of carbonyl (C=O) groups is 1. The summed E-state index contributed by atoms with van der Waals surface area (Å²) in [6.07, 6.45) is 5.56. The molecule has 1 aliphatic rings. The molecule has 0 spiro atoms. The third-order valence-corrected chi connectivity index (χ3v) is 5.08. The molecule has 3 N–H and O–H groups in total. The maximum atomic E-state index is 12.4. The summed E-state index contributed by atoms with van der Waals surface area (Å²) in [6, 6.07) is 14.1. The highest BCUT2D eigenvalue weighted by Crippen LogP contribution is 2.30. The Morgan fingerprint density at radius 1 is 1.04 bits per heavy atom. The number of nitrogens with one attached hydrogen (secondary N) is 1. The highest BCUT2D eigenvalue weighted by molar-refractivity contribution is 5.99. The normalized spacial score (nSPS) is 13.0. The Bertz CT molecular complexity index is 936. The lowest BCUT2D eigenvalue weighted by Gasteiger charge is -2.13. The summed E-state index contributed by atoms with van der Waals surface area (Å²) in [6.45, 7) is 1.63. The van der Waals surface area contributed by atoms with Gasteiger partial charge in [-0.05, 0) is 60.7 Å². The Kier molecular flexibility index (Phi) is 7.31. The van der Waals surface area contributed by atoms with E-state index in [1.807, 2.05) is 36.5 Å². The predicted octanol–water partition coefficient (Wildman–Crippen LogP) is 4.22. The number of rotatable bonds is 5. The number of halogens is 2. The van der Waals surface area contributed by atoms with Crippen LogP contribution in [-0.4, -0.2) is 16.7 Å². The minimum Gasteiger partial charge on any atom is -0.398 e. The summed E-state index contributed by atoms with van der Waals surface area (Å²) in [5, 5.41) is 3.49. The van der Waals surface area contributed by atoms with E-state index in [9.17, 15) is 4.79 Å². The van der Waals surface area contributed by atoms with Crippen LogP contribution in [0.3, 0.4) is 0 Å². The van der Waals surface area contributed by atoms with Gasteiger partial charge >= 0.3 is 0 Å². The van der Waals surface area contributed by atoms with Crippen LogP contribution >= 0.6 is 24.8 Å². The van der Waals surface area contributed by atoms with E-state index in [2.05, 4.69) is 21.9 Å². The first-order chi connectivity index (χ1) is 12.3. The van der Waals surface area contributed by atoms with Gasteiger partial charge in [-0.2, -0.15) is 0 Å². The van der Waals surface area contributed by atoms with Crippen molar-refractivity contribution in [1.29, 1.82) is 0 Å². The first-order valence-electron chi connectivity index (χ1n) is 8.94. The zero-order valence-corrected chi connectivity index (χ0v) is 16.7. The summed E-state index contributed by atoms with van der Waals surface area (Å²) >= 11 is 0. The zero-order chi connectivity index (χ0) is 17.2. The van der Waals surface area contributed by atoms with Crippen molar-refractivity contribution in [2.75, 3.05) is 12.3 Å². The molecule has 0 saturated heterocycles. The van der Waals surface area contributed by atoms with E-state index in [0.29, 0.717) is 6.42 Å². The molecule has 0 bridgehead atoms. The molecule has 1 aromatic carbocycles. The molecule has 27 heavy (non-hydrogen) atoms. The summed E-state index contributed by atoms with van der Waals surface area (Å²) in [4.78, 5) is 12.4. The van der Waals surface area contributed by atoms with Crippen LogP contribution in [-0.2, 0) is 19.4 Å². The second-order valence-corrected chi connectivity index (χ2v) is 6.66. The average Bonchev–Trinajstić information content (AvgIpc) is 2.95. The minimum atomic E-state index is 0. The third-order valence-electron chi connectivity index (χ3n) is 5.08. The molecule has 4 rings (SSSR count). The maximum Gasteiger partial charge on any atom is 0.179 e. The third kappa shape index (κ3) is 4.13. The van der Waals surface area contributed by atoms with Crippen molar-refractivity contribution in [2.24, 2.45) is 0 Å². The molecule has 0 saturated carbocycles. The zero-order valence-electron chi connectivity index (χ0n) is 15.1. The van der Waals surface area contributed by atoms with Crippen molar-refractivity contribution in [3.8, 4) is 0 Å². The van der Waals surface area contributed by atoms with Crippen LogP contribution in [0.25, 0.3) is 5.52 Å². The van der Waals surface area contributed by atoms with Gasteiger partial charge in [0.1, 0.15) is 0 Å². The standard InChI is InChI=1S/C21H23N3O.2ClH/c22-18-8-2-1-6-15(18)14-23-12-11-16-17-7-5-10-20(25)21(17)24-13-4-3-9-19(16)24;;/h1-4,6,8-9,13,23H,5,7,10-12,14,22H2;2*1H. The van der Waals surface area contributed by atoms with Gasteiger partial charge in [0.05, 0.1) is 5.69 Å².